The molecular formula is C15H18N2O3S. The van der Waals surface area contributed by atoms with Crippen LogP contribution in [0.1, 0.15) is 11.3 Å². The Morgan fingerprint density at radius 2 is 2.48 bits per heavy atom. The third-order valence-corrected chi connectivity index (χ3v) is 4.72. The van der Waals surface area contributed by atoms with E-state index in [0.717, 1.165) is 12.8 Å². The van der Waals surface area contributed by atoms with Gasteiger partial charge in [0.15, 0.2) is 0 Å². The molecule has 0 bridgehead atoms. The standard InChI is InChI=1S/C15H18N2O3S/c1-2-11-13(14-12(20-11)6-8-19-14)17-15(18)16-7-5-10-4-3-9-21-10/h1,3-4,9,11-14H,5-8H2,(H2,16,17,18)/t11?,12-,13+,14+/m1/s1. The van der Waals surface area contributed by atoms with Gasteiger partial charge in [0.25, 0.3) is 0 Å². The number of nitrogens with one attached hydrogen (secondary N) is 2. The van der Waals surface area contributed by atoms with Gasteiger partial charge in [-0.15, -0.1) is 17.8 Å². The summed E-state index contributed by atoms with van der Waals surface area (Å²) >= 11 is 1.69. The van der Waals surface area contributed by atoms with Gasteiger partial charge in [0.05, 0.1) is 12.1 Å². The Morgan fingerprint density at radius 1 is 1.57 bits per heavy atom. The lowest BCUT2D eigenvalue weighted by Gasteiger charge is -2.20. The first-order chi connectivity index (χ1) is 10.3. The molecule has 4 atom stereocenters. The quantitative estimate of drug-likeness (QED) is 0.820. The molecule has 2 aliphatic rings. The van der Waals surface area contributed by atoms with Crippen molar-refractivity contribution < 1.29 is 14.3 Å². The van der Waals surface area contributed by atoms with Crippen molar-refractivity contribution in [2.24, 2.45) is 0 Å². The highest BCUT2D eigenvalue weighted by atomic mass is 32.1. The van der Waals surface area contributed by atoms with Crippen molar-refractivity contribution in [1.29, 1.82) is 0 Å². The average molecular weight is 306 g/mol. The minimum atomic E-state index is -0.414. The zero-order valence-electron chi connectivity index (χ0n) is 11.6. The Balaban J connectivity index is 1.48. The van der Waals surface area contributed by atoms with Crippen molar-refractivity contribution >= 4 is 17.4 Å². The highest BCUT2D eigenvalue weighted by Gasteiger charge is 2.48. The second kappa shape index (κ2) is 6.48. The van der Waals surface area contributed by atoms with Crippen LogP contribution in [0, 0.1) is 12.3 Å². The predicted molar refractivity (Wildman–Crippen MR) is 80.2 cm³/mol. The molecule has 21 heavy (non-hydrogen) atoms. The normalized spacial score (nSPS) is 30.6. The first-order valence-corrected chi connectivity index (χ1v) is 7.96. The van der Waals surface area contributed by atoms with Crippen LogP contribution < -0.4 is 10.6 Å². The molecule has 1 aromatic heterocycles. The van der Waals surface area contributed by atoms with Crippen LogP contribution in [0.4, 0.5) is 4.79 Å². The van der Waals surface area contributed by atoms with Gasteiger partial charge in [0, 0.05) is 18.0 Å². The lowest BCUT2D eigenvalue weighted by atomic mass is 10.1. The van der Waals surface area contributed by atoms with E-state index in [1.165, 1.54) is 4.88 Å². The highest BCUT2D eigenvalue weighted by Crippen LogP contribution is 2.30. The van der Waals surface area contributed by atoms with Gasteiger partial charge in [0.2, 0.25) is 0 Å². The number of hydrogen-bond donors (Lipinski definition) is 2. The molecular weight excluding hydrogens is 288 g/mol. The Kier molecular flexibility index (Phi) is 4.44. The summed E-state index contributed by atoms with van der Waals surface area (Å²) < 4.78 is 11.3. The SMILES string of the molecule is C#CC1O[C@@H]2CCO[C@@H]2[C@H]1NC(=O)NCCc1cccs1. The van der Waals surface area contributed by atoms with E-state index in [4.69, 9.17) is 15.9 Å². The van der Waals surface area contributed by atoms with E-state index in [2.05, 4.69) is 22.6 Å². The van der Waals surface area contributed by atoms with Crippen LogP contribution >= 0.6 is 11.3 Å². The maximum Gasteiger partial charge on any atom is 0.315 e. The number of hydrogen-bond acceptors (Lipinski definition) is 4. The number of urea groups is 1. The van der Waals surface area contributed by atoms with Crippen LogP contribution in [0.2, 0.25) is 0 Å². The van der Waals surface area contributed by atoms with Gasteiger partial charge in [0.1, 0.15) is 12.2 Å². The number of amides is 2. The molecule has 1 unspecified atom stereocenters. The Morgan fingerprint density at radius 3 is 3.24 bits per heavy atom. The minimum Gasteiger partial charge on any atom is -0.373 e. The molecule has 2 fully saturated rings. The first kappa shape index (κ1) is 14.4. The maximum absolute atomic E-state index is 12.0. The van der Waals surface area contributed by atoms with Gasteiger partial charge >= 0.3 is 6.03 Å². The molecule has 0 aliphatic carbocycles. The van der Waals surface area contributed by atoms with Crippen molar-refractivity contribution in [3.8, 4) is 12.3 Å². The van der Waals surface area contributed by atoms with Gasteiger partial charge in [-0.2, -0.15) is 0 Å². The fraction of sp³-hybridized carbons (Fsp3) is 0.533. The summed E-state index contributed by atoms with van der Waals surface area (Å²) in [5, 5.41) is 7.77. The molecule has 1 aromatic rings. The predicted octanol–water partition coefficient (Wildman–Crippen LogP) is 1.15. The minimum absolute atomic E-state index is 0.00229. The van der Waals surface area contributed by atoms with E-state index in [-0.39, 0.29) is 24.3 Å². The van der Waals surface area contributed by atoms with Crippen LogP contribution in [0.25, 0.3) is 0 Å². The van der Waals surface area contributed by atoms with Gasteiger partial charge in [-0.05, 0) is 24.3 Å². The van der Waals surface area contributed by atoms with Crippen LogP contribution in [0.3, 0.4) is 0 Å². The highest BCUT2D eigenvalue weighted by molar-refractivity contribution is 7.09. The Hall–Kier alpha value is -1.55. The van der Waals surface area contributed by atoms with Crippen LogP contribution in [-0.4, -0.2) is 43.5 Å². The second-order valence-electron chi connectivity index (χ2n) is 5.14. The molecule has 6 heteroatoms. The van der Waals surface area contributed by atoms with E-state index in [0.29, 0.717) is 13.2 Å². The topological polar surface area (TPSA) is 59.6 Å². The fourth-order valence-electron chi connectivity index (χ4n) is 2.77. The number of terminal acetylenes is 1. The summed E-state index contributed by atoms with van der Waals surface area (Å²) in [6.07, 6.45) is 6.59. The molecule has 2 aliphatic heterocycles. The summed E-state index contributed by atoms with van der Waals surface area (Å²) in [6, 6.07) is 3.56. The van der Waals surface area contributed by atoms with E-state index in [1.54, 1.807) is 11.3 Å². The molecule has 2 N–H and O–H groups in total. The molecule has 3 rings (SSSR count). The molecule has 2 amide bonds. The van der Waals surface area contributed by atoms with E-state index in [9.17, 15) is 4.79 Å². The van der Waals surface area contributed by atoms with Gasteiger partial charge < -0.3 is 20.1 Å². The molecule has 0 radical (unpaired) electrons. The Bertz CT molecular complexity index is 526. The summed E-state index contributed by atoms with van der Waals surface area (Å²) in [5.41, 5.74) is 0. The van der Waals surface area contributed by atoms with Gasteiger partial charge in [-0.25, -0.2) is 4.79 Å². The fourth-order valence-corrected chi connectivity index (χ4v) is 3.48. The number of carbonyl (C=O) groups excluding carboxylic acids is 1. The smallest absolute Gasteiger partial charge is 0.315 e. The van der Waals surface area contributed by atoms with E-state index in [1.807, 2.05) is 11.4 Å². The van der Waals surface area contributed by atoms with Gasteiger partial charge in [-0.1, -0.05) is 12.0 Å². The van der Waals surface area contributed by atoms with Crippen molar-refractivity contribution in [3.05, 3.63) is 22.4 Å². The van der Waals surface area contributed by atoms with Crippen LogP contribution in [-0.2, 0) is 15.9 Å². The number of rotatable bonds is 4. The lowest BCUT2D eigenvalue weighted by molar-refractivity contribution is 0.0589. The summed E-state index contributed by atoms with van der Waals surface area (Å²) in [5.74, 6) is 2.58. The third-order valence-electron chi connectivity index (χ3n) is 3.78. The number of fused-ring (bicyclic) bond motifs is 1. The molecule has 2 saturated heterocycles. The zero-order valence-corrected chi connectivity index (χ0v) is 12.4. The van der Waals surface area contributed by atoms with Gasteiger partial charge in [-0.3, -0.25) is 0 Å². The molecule has 5 nitrogen and oxygen atoms in total. The molecule has 0 saturated carbocycles. The summed E-state index contributed by atoms with van der Waals surface area (Å²) in [7, 11) is 0. The largest absolute Gasteiger partial charge is 0.373 e. The number of ether oxygens (including phenoxy) is 2. The number of thiophene rings is 1. The van der Waals surface area contributed by atoms with Crippen LogP contribution in [0.15, 0.2) is 17.5 Å². The van der Waals surface area contributed by atoms with E-state index >= 15 is 0 Å². The third kappa shape index (κ3) is 3.21. The summed E-state index contributed by atoms with van der Waals surface area (Å²) in [4.78, 5) is 13.2. The first-order valence-electron chi connectivity index (χ1n) is 7.08. The molecule has 0 spiro atoms. The summed E-state index contributed by atoms with van der Waals surface area (Å²) in [6.45, 7) is 1.25. The van der Waals surface area contributed by atoms with Crippen LogP contribution in [0.5, 0.6) is 0 Å². The Labute approximate surface area is 128 Å². The molecule has 112 valence electrons. The monoisotopic (exact) mass is 306 g/mol. The molecule has 0 aromatic carbocycles. The van der Waals surface area contributed by atoms with E-state index < -0.39 is 6.10 Å². The number of carbonyl (C=O) groups is 1. The average Bonchev–Trinajstić information content (AvgIpc) is 3.17. The van der Waals surface area contributed by atoms with Crippen molar-refractivity contribution in [3.63, 3.8) is 0 Å². The van der Waals surface area contributed by atoms with Crippen molar-refractivity contribution in [2.75, 3.05) is 13.2 Å². The molecule has 3 heterocycles. The second-order valence-corrected chi connectivity index (χ2v) is 6.17. The zero-order chi connectivity index (χ0) is 14.7. The lowest BCUT2D eigenvalue weighted by Crippen LogP contribution is -2.51. The van der Waals surface area contributed by atoms with Crippen molar-refractivity contribution in [1.82, 2.24) is 10.6 Å². The maximum atomic E-state index is 12.0. The van der Waals surface area contributed by atoms with Crippen molar-refractivity contribution in [2.45, 2.75) is 37.2 Å².